The normalized spacial score (nSPS) is 10.6. The number of hydrogen-bond acceptors (Lipinski definition) is 4. The summed E-state index contributed by atoms with van der Waals surface area (Å²) in [6.45, 7) is 0. The minimum atomic E-state index is -1.16. The fourth-order valence-corrected chi connectivity index (χ4v) is 2.73. The number of hydrogen-bond donors (Lipinski definition) is 2. The third kappa shape index (κ3) is 4.92. The molecule has 0 saturated heterocycles. The van der Waals surface area contributed by atoms with Gasteiger partial charge in [-0.15, -0.1) is 0 Å². The zero-order valence-corrected chi connectivity index (χ0v) is 15.1. The van der Waals surface area contributed by atoms with Crippen molar-refractivity contribution in [3.63, 3.8) is 0 Å². The number of amides is 1. The van der Waals surface area contributed by atoms with Crippen LogP contribution in [0.2, 0.25) is 0 Å². The summed E-state index contributed by atoms with van der Waals surface area (Å²) in [5, 5.41) is 22.8. The number of rotatable bonds is 6. The molecule has 0 saturated carbocycles. The number of benzene rings is 3. The number of nitro benzene ring substituents is 1. The molecule has 0 fully saturated rings. The molecule has 0 spiro atoms. The summed E-state index contributed by atoms with van der Waals surface area (Å²) in [5.41, 5.74) is 2.15. The molecule has 0 atom stereocenters. The van der Waals surface area contributed by atoms with Crippen molar-refractivity contribution in [1.29, 1.82) is 0 Å². The molecule has 0 aliphatic carbocycles. The van der Waals surface area contributed by atoms with Crippen LogP contribution >= 0.6 is 0 Å². The van der Waals surface area contributed by atoms with E-state index in [-0.39, 0.29) is 16.9 Å². The van der Waals surface area contributed by atoms with Crippen molar-refractivity contribution >= 4 is 29.3 Å². The van der Waals surface area contributed by atoms with E-state index in [4.69, 9.17) is 0 Å². The van der Waals surface area contributed by atoms with Crippen molar-refractivity contribution in [3.05, 3.63) is 100 Å². The Morgan fingerprint density at radius 1 is 0.931 bits per heavy atom. The lowest BCUT2D eigenvalue weighted by atomic mass is 10.0. The van der Waals surface area contributed by atoms with E-state index in [1.807, 2.05) is 30.3 Å². The quantitative estimate of drug-likeness (QED) is 0.364. The molecule has 3 aromatic carbocycles. The molecule has 144 valence electrons. The van der Waals surface area contributed by atoms with E-state index >= 15 is 0 Å². The highest BCUT2D eigenvalue weighted by atomic mass is 16.6. The molecule has 0 radical (unpaired) electrons. The van der Waals surface area contributed by atoms with Gasteiger partial charge in [0.1, 0.15) is 0 Å². The molecule has 1 amide bonds. The van der Waals surface area contributed by atoms with Gasteiger partial charge in [-0.2, -0.15) is 0 Å². The summed E-state index contributed by atoms with van der Waals surface area (Å²) in [4.78, 5) is 34.1. The fourth-order valence-electron chi connectivity index (χ4n) is 2.73. The van der Waals surface area contributed by atoms with Crippen LogP contribution in [-0.2, 0) is 4.79 Å². The number of carbonyl (C=O) groups excluding carboxylic acids is 1. The molecular weight excluding hydrogens is 372 g/mol. The molecule has 7 heteroatoms. The molecule has 0 bridgehead atoms. The Balaban J connectivity index is 1.84. The van der Waals surface area contributed by atoms with Gasteiger partial charge in [0.2, 0.25) is 5.91 Å². The Morgan fingerprint density at radius 2 is 1.69 bits per heavy atom. The molecule has 29 heavy (non-hydrogen) atoms. The van der Waals surface area contributed by atoms with Crippen LogP contribution in [-0.4, -0.2) is 21.9 Å². The second kappa shape index (κ2) is 8.62. The summed E-state index contributed by atoms with van der Waals surface area (Å²) in [7, 11) is 0. The lowest BCUT2D eigenvalue weighted by molar-refractivity contribution is -0.384. The number of carboxylic acids is 1. The predicted molar refractivity (Wildman–Crippen MR) is 110 cm³/mol. The standard InChI is InChI=1S/C22H16N2O5/c25-21(12-9-15-5-4-8-18(13-15)24(28)29)23-20-14-17(10-11-19(20)22(26)27)16-6-2-1-3-7-16/h1-14H,(H,23,25)(H,26,27). The minimum Gasteiger partial charge on any atom is -0.478 e. The van der Waals surface area contributed by atoms with Crippen LogP contribution in [0, 0.1) is 10.1 Å². The van der Waals surface area contributed by atoms with Crippen molar-refractivity contribution < 1.29 is 19.6 Å². The van der Waals surface area contributed by atoms with Crippen LogP contribution in [0.4, 0.5) is 11.4 Å². The molecule has 0 unspecified atom stereocenters. The number of aromatic carboxylic acids is 1. The number of non-ortho nitro benzene ring substituents is 1. The third-order valence-electron chi connectivity index (χ3n) is 4.12. The third-order valence-corrected chi connectivity index (χ3v) is 4.12. The maximum atomic E-state index is 12.3. The second-order valence-electron chi connectivity index (χ2n) is 6.11. The molecule has 3 rings (SSSR count). The zero-order chi connectivity index (χ0) is 20.8. The number of nitro groups is 1. The van der Waals surface area contributed by atoms with E-state index < -0.39 is 16.8 Å². The van der Waals surface area contributed by atoms with E-state index in [1.54, 1.807) is 18.2 Å². The highest BCUT2D eigenvalue weighted by Gasteiger charge is 2.13. The highest BCUT2D eigenvalue weighted by Crippen LogP contribution is 2.26. The Morgan fingerprint density at radius 3 is 2.38 bits per heavy atom. The first-order chi connectivity index (χ1) is 13.9. The van der Waals surface area contributed by atoms with Gasteiger partial charge < -0.3 is 10.4 Å². The Hall–Kier alpha value is -4.26. The number of anilines is 1. The average molecular weight is 388 g/mol. The van der Waals surface area contributed by atoms with E-state index in [1.165, 1.54) is 36.4 Å². The number of nitrogens with zero attached hydrogens (tertiary/aromatic N) is 1. The Labute approximate surface area is 166 Å². The molecule has 0 aliphatic heterocycles. The van der Waals surface area contributed by atoms with E-state index in [0.717, 1.165) is 11.1 Å². The topological polar surface area (TPSA) is 110 Å². The highest BCUT2D eigenvalue weighted by molar-refractivity contribution is 6.06. The van der Waals surface area contributed by atoms with Gasteiger partial charge in [0.05, 0.1) is 16.2 Å². The molecule has 0 aliphatic rings. The van der Waals surface area contributed by atoms with Crippen molar-refractivity contribution in [2.45, 2.75) is 0 Å². The van der Waals surface area contributed by atoms with Crippen molar-refractivity contribution in [2.75, 3.05) is 5.32 Å². The predicted octanol–water partition coefficient (Wildman–Crippen LogP) is 4.61. The largest absolute Gasteiger partial charge is 0.478 e. The van der Waals surface area contributed by atoms with Gasteiger partial charge in [0.25, 0.3) is 5.69 Å². The zero-order valence-electron chi connectivity index (χ0n) is 15.1. The summed E-state index contributed by atoms with van der Waals surface area (Å²) >= 11 is 0. The van der Waals surface area contributed by atoms with Gasteiger partial charge in [-0.25, -0.2) is 4.79 Å². The van der Waals surface area contributed by atoms with E-state index in [2.05, 4.69) is 5.32 Å². The Bertz CT molecular complexity index is 1110. The van der Waals surface area contributed by atoms with Gasteiger partial charge in [0.15, 0.2) is 0 Å². The number of carboxylic acid groups (broad SMARTS) is 1. The van der Waals surface area contributed by atoms with Crippen molar-refractivity contribution in [3.8, 4) is 11.1 Å². The van der Waals surface area contributed by atoms with Gasteiger partial charge >= 0.3 is 5.97 Å². The number of carbonyl (C=O) groups is 2. The van der Waals surface area contributed by atoms with Gasteiger partial charge in [0, 0.05) is 18.2 Å². The van der Waals surface area contributed by atoms with Crippen LogP contribution in [0.25, 0.3) is 17.2 Å². The number of nitrogens with one attached hydrogen (secondary N) is 1. The van der Waals surface area contributed by atoms with Gasteiger partial charge in [-0.1, -0.05) is 48.5 Å². The van der Waals surface area contributed by atoms with Crippen molar-refractivity contribution in [2.24, 2.45) is 0 Å². The van der Waals surface area contributed by atoms with Crippen LogP contribution < -0.4 is 5.32 Å². The molecule has 2 N–H and O–H groups in total. The first-order valence-corrected chi connectivity index (χ1v) is 8.60. The van der Waals surface area contributed by atoms with E-state index in [0.29, 0.717) is 5.56 Å². The van der Waals surface area contributed by atoms with Crippen LogP contribution in [0.15, 0.2) is 78.9 Å². The van der Waals surface area contributed by atoms with Gasteiger partial charge in [-0.05, 0) is 34.9 Å². The molecular formula is C22H16N2O5. The molecule has 7 nitrogen and oxygen atoms in total. The fraction of sp³-hybridized carbons (Fsp3) is 0. The van der Waals surface area contributed by atoms with Crippen molar-refractivity contribution in [1.82, 2.24) is 0 Å². The molecule has 0 aromatic heterocycles. The van der Waals surface area contributed by atoms with Crippen LogP contribution in [0.3, 0.4) is 0 Å². The Kier molecular flexibility index (Phi) is 5.80. The average Bonchev–Trinajstić information content (AvgIpc) is 2.73. The summed E-state index contributed by atoms with van der Waals surface area (Å²) in [6.07, 6.45) is 2.61. The lowest BCUT2D eigenvalue weighted by Gasteiger charge is -2.10. The van der Waals surface area contributed by atoms with Crippen LogP contribution in [0.1, 0.15) is 15.9 Å². The summed E-state index contributed by atoms with van der Waals surface area (Å²) in [6, 6.07) is 19.9. The minimum absolute atomic E-state index is 0.0400. The smallest absolute Gasteiger partial charge is 0.337 e. The molecule has 3 aromatic rings. The maximum absolute atomic E-state index is 12.3. The lowest BCUT2D eigenvalue weighted by Crippen LogP contribution is -2.12. The first-order valence-electron chi connectivity index (χ1n) is 8.60. The monoisotopic (exact) mass is 388 g/mol. The van der Waals surface area contributed by atoms with Gasteiger partial charge in [-0.3, -0.25) is 14.9 Å². The van der Waals surface area contributed by atoms with E-state index in [9.17, 15) is 24.8 Å². The first kappa shape index (κ1) is 19.5. The molecule has 0 heterocycles. The second-order valence-corrected chi connectivity index (χ2v) is 6.11. The summed E-state index contributed by atoms with van der Waals surface area (Å²) in [5.74, 6) is -1.72. The summed E-state index contributed by atoms with van der Waals surface area (Å²) < 4.78 is 0. The maximum Gasteiger partial charge on any atom is 0.337 e. The SMILES string of the molecule is O=C(C=Cc1cccc([N+](=O)[O-])c1)Nc1cc(-c2ccccc2)ccc1C(=O)O. The van der Waals surface area contributed by atoms with Crippen LogP contribution in [0.5, 0.6) is 0 Å².